The van der Waals surface area contributed by atoms with E-state index in [-0.39, 0.29) is 0 Å². The lowest BCUT2D eigenvalue weighted by molar-refractivity contribution is 0.0776. The highest BCUT2D eigenvalue weighted by molar-refractivity contribution is 6.30. The van der Waals surface area contributed by atoms with Crippen molar-refractivity contribution in [1.82, 2.24) is 14.9 Å². The van der Waals surface area contributed by atoms with E-state index in [1.807, 2.05) is 24.3 Å². The van der Waals surface area contributed by atoms with E-state index in [0.717, 1.165) is 73.8 Å². The van der Waals surface area contributed by atoms with Crippen LogP contribution in [0.1, 0.15) is 31.2 Å². The smallest absolute Gasteiger partial charge is 0.227 e. The first-order valence-corrected chi connectivity index (χ1v) is 12.4. The lowest BCUT2D eigenvalue weighted by atomic mass is 9.94. The molecule has 2 aromatic carbocycles. The van der Waals surface area contributed by atoms with Gasteiger partial charge in [-0.2, -0.15) is 4.98 Å². The first-order valence-electron chi connectivity index (χ1n) is 12.0. The number of nitrogens with zero attached hydrogens (tertiary/aromatic N) is 4. The summed E-state index contributed by atoms with van der Waals surface area (Å²) in [7, 11) is 0. The van der Waals surface area contributed by atoms with Crippen LogP contribution in [-0.4, -0.2) is 58.8 Å². The third-order valence-corrected chi connectivity index (χ3v) is 7.27. The molecule has 2 saturated heterocycles. The largest absolute Gasteiger partial charge is 0.396 e. The van der Waals surface area contributed by atoms with Crippen LogP contribution in [0.4, 0.5) is 17.5 Å². The molecule has 1 unspecified atom stereocenters. The van der Waals surface area contributed by atoms with E-state index in [1.165, 1.54) is 12.0 Å². The molecule has 1 atom stereocenters. The molecule has 2 N–H and O–H groups in total. The molecule has 0 saturated carbocycles. The number of aromatic nitrogens is 2. The Kier molecular flexibility index (Phi) is 6.67. The summed E-state index contributed by atoms with van der Waals surface area (Å²) in [5.41, 5.74) is 3.08. The number of hydrogen-bond acceptors (Lipinski definition) is 6. The number of nitrogens with one attached hydrogen (secondary N) is 1. The molecule has 3 aromatic rings. The molecule has 0 aliphatic carbocycles. The van der Waals surface area contributed by atoms with E-state index in [4.69, 9.17) is 21.6 Å². The van der Waals surface area contributed by atoms with Crippen LogP contribution in [-0.2, 0) is 0 Å². The van der Waals surface area contributed by atoms with E-state index in [2.05, 4.69) is 40.2 Å². The molecular formula is C26H32ClN5O. The number of likely N-dealkylation sites (tertiary alicyclic amines) is 1. The fourth-order valence-electron chi connectivity index (χ4n) is 5.15. The van der Waals surface area contributed by atoms with E-state index in [0.29, 0.717) is 23.6 Å². The van der Waals surface area contributed by atoms with E-state index >= 15 is 0 Å². The molecular weight excluding hydrogens is 434 g/mol. The average Bonchev–Trinajstić information content (AvgIpc) is 2.85. The topological polar surface area (TPSA) is 64.5 Å². The third-order valence-electron chi connectivity index (χ3n) is 7.02. The zero-order valence-corrected chi connectivity index (χ0v) is 19.9. The summed E-state index contributed by atoms with van der Waals surface area (Å²) in [5, 5.41) is 14.8. The molecule has 1 aromatic heterocycles. The minimum atomic E-state index is 0.309. The fraction of sp³-hybridized carbons (Fsp3) is 0.462. The van der Waals surface area contributed by atoms with Gasteiger partial charge in [0, 0.05) is 48.4 Å². The number of hydrogen-bond donors (Lipinski definition) is 2. The summed E-state index contributed by atoms with van der Waals surface area (Å²) < 4.78 is 0. The Morgan fingerprint density at radius 3 is 2.58 bits per heavy atom. The molecule has 0 bridgehead atoms. The quantitative estimate of drug-likeness (QED) is 0.552. The van der Waals surface area contributed by atoms with Gasteiger partial charge in [-0.1, -0.05) is 23.2 Å². The van der Waals surface area contributed by atoms with Crippen molar-refractivity contribution in [3.05, 3.63) is 53.1 Å². The van der Waals surface area contributed by atoms with Gasteiger partial charge in [0.25, 0.3) is 0 Å². The Morgan fingerprint density at radius 1 is 1.03 bits per heavy atom. The Bertz CT molecular complexity index is 1100. The second-order valence-corrected chi connectivity index (χ2v) is 9.87. The van der Waals surface area contributed by atoms with Gasteiger partial charge in [-0.05, 0) is 81.5 Å². The number of halogens is 1. The lowest BCUT2D eigenvalue weighted by Crippen LogP contribution is -2.49. The highest BCUT2D eigenvalue weighted by atomic mass is 35.5. The summed E-state index contributed by atoms with van der Waals surface area (Å²) in [6, 6.07) is 14.6. The number of anilines is 3. The minimum Gasteiger partial charge on any atom is -0.396 e. The number of rotatable bonds is 5. The first kappa shape index (κ1) is 22.4. The minimum absolute atomic E-state index is 0.309. The molecule has 33 heavy (non-hydrogen) atoms. The van der Waals surface area contributed by atoms with Crippen LogP contribution in [0, 0.1) is 12.8 Å². The molecule has 7 heteroatoms. The lowest BCUT2D eigenvalue weighted by Gasteiger charge is -2.42. The summed E-state index contributed by atoms with van der Waals surface area (Å²) >= 11 is 6.07. The van der Waals surface area contributed by atoms with Crippen molar-refractivity contribution in [2.24, 2.45) is 5.92 Å². The summed E-state index contributed by atoms with van der Waals surface area (Å²) in [5.74, 6) is 2.05. The van der Waals surface area contributed by atoms with Crippen LogP contribution in [0.15, 0.2) is 42.5 Å². The Labute approximate surface area is 200 Å². The van der Waals surface area contributed by atoms with E-state index in [1.54, 1.807) is 0 Å². The van der Waals surface area contributed by atoms with Crippen molar-refractivity contribution in [2.75, 3.05) is 43.0 Å². The van der Waals surface area contributed by atoms with Crippen LogP contribution in [0.2, 0.25) is 5.02 Å². The van der Waals surface area contributed by atoms with Gasteiger partial charge in [-0.3, -0.25) is 4.90 Å². The molecule has 3 heterocycles. The van der Waals surface area contributed by atoms with Gasteiger partial charge in [-0.25, -0.2) is 4.98 Å². The molecule has 0 spiro atoms. The Hall–Kier alpha value is -2.41. The summed E-state index contributed by atoms with van der Waals surface area (Å²) in [6.45, 7) is 6.48. The molecule has 2 aliphatic heterocycles. The zero-order valence-electron chi connectivity index (χ0n) is 19.2. The van der Waals surface area contributed by atoms with Crippen LogP contribution < -0.4 is 10.2 Å². The van der Waals surface area contributed by atoms with Gasteiger partial charge in [-0.15, -0.1) is 0 Å². The maximum atomic E-state index is 9.58. The van der Waals surface area contributed by atoms with Crippen molar-refractivity contribution in [3.8, 4) is 0 Å². The second-order valence-electron chi connectivity index (χ2n) is 9.43. The van der Waals surface area contributed by atoms with E-state index < -0.39 is 0 Å². The van der Waals surface area contributed by atoms with Gasteiger partial charge in [0.15, 0.2) is 0 Å². The monoisotopic (exact) mass is 465 g/mol. The van der Waals surface area contributed by atoms with Crippen molar-refractivity contribution >= 4 is 40.0 Å². The molecule has 0 radical (unpaired) electrons. The predicted octanol–water partition coefficient (Wildman–Crippen LogP) is 5.01. The van der Waals surface area contributed by atoms with Crippen LogP contribution >= 0.6 is 11.6 Å². The highest BCUT2D eigenvalue weighted by Crippen LogP contribution is 2.30. The van der Waals surface area contributed by atoms with Crippen molar-refractivity contribution < 1.29 is 5.11 Å². The number of fused-ring (bicyclic) bond motifs is 1. The number of aryl methyl sites for hydroxylation is 1. The van der Waals surface area contributed by atoms with Gasteiger partial charge in [0.05, 0.1) is 5.52 Å². The predicted molar refractivity (Wildman–Crippen MR) is 136 cm³/mol. The summed E-state index contributed by atoms with van der Waals surface area (Å²) in [4.78, 5) is 14.8. The van der Waals surface area contributed by atoms with Gasteiger partial charge < -0.3 is 15.3 Å². The Balaban J connectivity index is 1.36. The SMILES string of the molecule is Cc1ccc2nc(N3CCC(N4CCCC(CO)C4)CC3)nc(Nc3ccc(Cl)cc3)c2c1. The first-order chi connectivity index (χ1) is 16.1. The number of benzene rings is 2. The normalized spacial score (nSPS) is 20.3. The highest BCUT2D eigenvalue weighted by Gasteiger charge is 2.29. The molecule has 6 nitrogen and oxygen atoms in total. The van der Waals surface area contributed by atoms with Crippen molar-refractivity contribution in [3.63, 3.8) is 0 Å². The number of piperidine rings is 2. The maximum Gasteiger partial charge on any atom is 0.227 e. The number of aliphatic hydroxyl groups is 1. The molecule has 174 valence electrons. The molecule has 5 rings (SSSR count). The Morgan fingerprint density at radius 2 is 1.82 bits per heavy atom. The molecule has 0 amide bonds. The third kappa shape index (κ3) is 5.08. The standard InChI is InChI=1S/C26H32ClN5O/c1-18-4-9-24-23(15-18)25(28-21-7-5-20(27)6-8-21)30-26(29-24)31-13-10-22(11-14-31)32-12-2-3-19(16-32)17-33/h4-9,15,19,22,33H,2-3,10-14,16-17H2,1H3,(H,28,29,30). The van der Waals surface area contributed by atoms with Gasteiger partial charge >= 0.3 is 0 Å². The van der Waals surface area contributed by atoms with Crippen LogP contribution in [0.3, 0.4) is 0 Å². The van der Waals surface area contributed by atoms with Gasteiger partial charge in [0.1, 0.15) is 5.82 Å². The van der Waals surface area contributed by atoms with E-state index in [9.17, 15) is 5.11 Å². The van der Waals surface area contributed by atoms with Gasteiger partial charge in [0.2, 0.25) is 5.95 Å². The molecule has 2 fully saturated rings. The van der Waals surface area contributed by atoms with Crippen molar-refractivity contribution in [2.45, 2.75) is 38.6 Å². The zero-order chi connectivity index (χ0) is 22.8. The number of aliphatic hydroxyl groups excluding tert-OH is 1. The maximum absolute atomic E-state index is 9.58. The molecule has 2 aliphatic rings. The van der Waals surface area contributed by atoms with Crippen LogP contribution in [0.25, 0.3) is 10.9 Å². The average molecular weight is 466 g/mol. The second kappa shape index (κ2) is 9.84. The van der Waals surface area contributed by atoms with Crippen LogP contribution in [0.5, 0.6) is 0 Å². The van der Waals surface area contributed by atoms with Crippen molar-refractivity contribution in [1.29, 1.82) is 0 Å². The fourth-order valence-corrected chi connectivity index (χ4v) is 5.27. The summed E-state index contributed by atoms with van der Waals surface area (Å²) in [6.07, 6.45) is 4.55.